The number of aryl methyl sites for hydroxylation is 1. The van der Waals surface area contributed by atoms with Crippen molar-refractivity contribution in [3.63, 3.8) is 0 Å². The van der Waals surface area contributed by atoms with Gasteiger partial charge in [0, 0.05) is 12.0 Å². The van der Waals surface area contributed by atoms with E-state index in [4.69, 9.17) is 9.47 Å². The molecule has 0 saturated carbocycles. The van der Waals surface area contributed by atoms with Gasteiger partial charge in [-0.3, -0.25) is 0 Å². The van der Waals surface area contributed by atoms with Crippen molar-refractivity contribution in [2.24, 2.45) is 0 Å². The van der Waals surface area contributed by atoms with E-state index in [1.54, 1.807) is 6.92 Å². The van der Waals surface area contributed by atoms with Crippen molar-refractivity contribution in [2.75, 3.05) is 6.61 Å². The molecule has 3 rings (SSSR count). The predicted molar refractivity (Wildman–Crippen MR) is 91.0 cm³/mol. The van der Waals surface area contributed by atoms with E-state index in [0.29, 0.717) is 12.2 Å². The number of benzene rings is 2. The molecule has 0 aromatic heterocycles. The van der Waals surface area contributed by atoms with Crippen LogP contribution >= 0.6 is 0 Å². The summed E-state index contributed by atoms with van der Waals surface area (Å²) < 4.78 is 11.2. The third-order valence-corrected chi connectivity index (χ3v) is 4.01. The zero-order chi connectivity index (χ0) is 16.6. The molecule has 0 spiro atoms. The molecule has 3 nitrogen and oxygen atoms in total. The Kier molecular flexibility index (Phi) is 3.88. The van der Waals surface area contributed by atoms with E-state index >= 15 is 0 Å². The highest BCUT2D eigenvalue weighted by atomic mass is 16.5. The second-order valence-electron chi connectivity index (χ2n) is 6.64. The number of esters is 1. The molecule has 0 fully saturated rings. The summed E-state index contributed by atoms with van der Waals surface area (Å²) in [6, 6.07) is 11.9. The van der Waals surface area contributed by atoms with Gasteiger partial charge in [-0.2, -0.15) is 0 Å². The lowest BCUT2D eigenvalue weighted by Gasteiger charge is -2.18. The van der Waals surface area contributed by atoms with Crippen LogP contribution in [0.1, 0.15) is 42.3 Å². The molecule has 0 amide bonds. The normalized spacial score (nSPS) is 15.0. The fourth-order valence-corrected chi connectivity index (χ4v) is 3.09. The molecule has 0 N–H and O–H groups in total. The molecule has 2 aromatic carbocycles. The monoisotopic (exact) mass is 310 g/mol. The van der Waals surface area contributed by atoms with Crippen LogP contribution in [0.25, 0.3) is 11.1 Å². The van der Waals surface area contributed by atoms with Gasteiger partial charge in [-0.05, 0) is 62.6 Å². The van der Waals surface area contributed by atoms with E-state index in [1.807, 2.05) is 24.3 Å². The third-order valence-electron chi connectivity index (χ3n) is 4.01. The molecular formula is C20H22O3. The first-order valence-corrected chi connectivity index (χ1v) is 8.00. The molecule has 1 aliphatic heterocycles. The van der Waals surface area contributed by atoms with Crippen LogP contribution in [0.2, 0.25) is 0 Å². The number of ether oxygens (including phenoxy) is 2. The molecule has 0 bridgehead atoms. The summed E-state index contributed by atoms with van der Waals surface area (Å²) in [5, 5.41) is 0. The summed E-state index contributed by atoms with van der Waals surface area (Å²) in [4.78, 5) is 11.8. The first kappa shape index (κ1) is 15.6. The maximum atomic E-state index is 11.8. The standard InChI is InChI=1S/C20H22O3/c1-5-22-19(21)15-8-6-14(7-9-15)17-11-13(2)10-16-12-20(3,4)23-18(16)17/h6-11H,5,12H2,1-4H3. The fraction of sp³-hybridized carbons (Fsp3) is 0.350. The average molecular weight is 310 g/mol. The molecule has 0 unspecified atom stereocenters. The molecule has 120 valence electrons. The molecule has 0 saturated heterocycles. The first-order valence-electron chi connectivity index (χ1n) is 8.00. The fourth-order valence-electron chi connectivity index (χ4n) is 3.09. The van der Waals surface area contributed by atoms with Crippen LogP contribution < -0.4 is 4.74 Å². The molecule has 3 heteroatoms. The number of rotatable bonds is 3. The average Bonchev–Trinajstić information content (AvgIpc) is 2.80. The second-order valence-corrected chi connectivity index (χ2v) is 6.64. The highest BCUT2D eigenvalue weighted by Gasteiger charge is 2.32. The van der Waals surface area contributed by atoms with Gasteiger partial charge in [-0.15, -0.1) is 0 Å². The minimum Gasteiger partial charge on any atom is -0.487 e. The van der Waals surface area contributed by atoms with Gasteiger partial charge < -0.3 is 9.47 Å². The molecule has 0 atom stereocenters. The Morgan fingerprint density at radius 3 is 2.57 bits per heavy atom. The van der Waals surface area contributed by atoms with E-state index in [1.165, 1.54) is 11.1 Å². The number of carbonyl (C=O) groups is 1. The van der Waals surface area contributed by atoms with Crippen LogP contribution in [0.3, 0.4) is 0 Å². The van der Waals surface area contributed by atoms with Crippen molar-refractivity contribution in [3.8, 4) is 16.9 Å². The zero-order valence-corrected chi connectivity index (χ0v) is 14.1. The maximum absolute atomic E-state index is 11.8. The van der Waals surface area contributed by atoms with Gasteiger partial charge in [-0.25, -0.2) is 4.79 Å². The van der Waals surface area contributed by atoms with Crippen LogP contribution in [-0.4, -0.2) is 18.2 Å². The molecule has 2 aromatic rings. The number of hydrogen-bond acceptors (Lipinski definition) is 3. The van der Waals surface area contributed by atoms with Gasteiger partial charge in [0.2, 0.25) is 0 Å². The van der Waals surface area contributed by atoms with Gasteiger partial charge in [0.1, 0.15) is 11.4 Å². The van der Waals surface area contributed by atoms with Crippen LogP contribution in [0.5, 0.6) is 5.75 Å². The quantitative estimate of drug-likeness (QED) is 0.780. The minimum atomic E-state index is -0.286. The Morgan fingerprint density at radius 1 is 1.22 bits per heavy atom. The van der Waals surface area contributed by atoms with Gasteiger partial charge in [0.25, 0.3) is 0 Å². The smallest absolute Gasteiger partial charge is 0.338 e. The SMILES string of the molecule is CCOC(=O)c1ccc(-c2cc(C)cc3c2OC(C)(C)C3)cc1. The van der Waals surface area contributed by atoms with Gasteiger partial charge in [-0.1, -0.05) is 18.2 Å². The summed E-state index contributed by atoms with van der Waals surface area (Å²) in [6.07, 6.45) is 0.915. The lowest BCUT2D eigenvalue weighted by molar-refractivity contribution is 0.0526. The van der Waals surface area contributed by atoms with Crippen molar-refractivity contribution in [2.45, 2.75) is 39.7 Å². The Labute approximate surface area is 137 Å². The van der Waals surface area contributed by atoms with Crippen LogP contribution in [0.15, 0.2) is 36.4 Å². The Bertz CT molecular complexity index is 742. The van der Waals surface area contributed by atoms with Crippen molar-refractivity contribution in [1.29, 1.82) is 0 Å². The molecule has 0 radical (unpaired) electrons. The molecule has 23 heavy (non-hydrogen) atoms. The van der Waals surface area contributed by atoms with Gasteiger partial charge >= 0.3 is 5.97 Å². The summed E-state index contributed by atoms with van der Waals surface area (Å²) in [7, 11) is 0. The number of hydrogen-bond donors (Lipinski definition) is 0. The summed E-state index contributed by atoms with van der Waals surface area (Å²) in [6.45, 7) is 8.50. The van der Waals surface area contributed by atoms with Crippen LogP contribution in [0, 0.1) is 6.92 Å². The second kappa shape index (κ2) is 5.73. The topological polar surface area (TPSA) is 35.5 Å². The van der Waals surface area contributed by atoms with E-state index in [2.05, 4.69) is 32.9 Å². The lowest BCUT2D eigenvalue weighted by atomic mass is 9.95. The van der Waals surface area contributed by atoms with Crippen molar-refractivity contribution >= 4 is 5.97 Å². The maximum Gasteiger partial charge on any atom is 0.338 e. The third kappa shape index (κ3) is 3.09. The van der Waals surface area contributed by atoms with E-state index in [-0.39, 0.29) is 11.6 Å². The first-order chi connectivity index (χ1) is 10.9. The summed E-state index contributed by atoms with van der Waals surface area (Å²) in [5.41, 5.74) is 5.00. The largest absolute Gasteiger partial charge is 0.487 e. The van der Waals surface area contributed by atoms with Crippen LogP contribution in [-0.2, 0) is 11.2 Å². The van der Waals surface area contributed by atoms with Crippen molar-refractivity contribution < 1.29 is 14.3 Å². The lowest BCUT2D eigenvalue weighted by Crippen LogP contribution is -2.24. The van der Waals surface area contributed by atoms with E-state index in [0.717, 1.165) is 23.3 Å². The van der Waals surface area contributed by atoms with Crippen molar-refractivity contribution in [3.05, 3.63) is 53.1 Å². The van der Waals surface area contributed by atoms with Crippen LogP contribution in [0.4, 0.5) is 0 Å². The molecular weight excluding hydrogens is 288 g/mol. The number of fused-ring (bicyclic) bond motifs is 1. The van der Waals surface area contributed by atoms with E-state index < -0.39 is 0 Å². The highest BCUT2D eigenvalue weighted by molar-refractivity contribution is 5.90. The zero-order valence-electron chi connectivity index (χ0n) is 14.1. The Morgan fingerprint density at radius 2 is 1.91 bits per heavy atom. The van der Waals surface area contributed by atoms with E-state index in [9.17, 15) is 4.79 Å². The molecule has 0 aliphatic carbocycles. The Balaban J connectivity index is 1.99. The summed E-state index contributed by atoms with van der Waals surface area (Å²) >= 11 is 0. The van der Waals surface area contributed by atoms with Crippen molar-refractivity contribution in [1.82, 2.24) is 0 Å². The Hall–Kier alpha value is -2.29. The highest BCUT2D eigenvalue weighted by Crippen LogP contribution is 2.43. The van der Waals surface area contributed by atoms with Gasteiger partial charge in [0.05, 0.1) is 12.2 Å². The number of carbonyl (C=O) groups excluding carboxylic acids is 1. The predicted octanol–water partition coefficient (Wildman–Crippen LogP) is 4.55. The van der Waals surface area contributed by atoms with Gasteiger partial charge in [0.15, 0.2) is 0 Å². The molecule has 1 aliphatic rings. The summed E-state index contributed by atoms with van der Waals surface area (Å²) in [5.74, 6) is 0.676. The molecule has 1 heterocycles. The minimum absolute atomic E-state index is 0.171.